The van der Waals surface area contributed by atoms with E-state index >= 15 is 0 Å². The van der Waals surface area contributed by atoms with E-state index in [2.05, 4.69) is 40.1 Å². The number of rotatable bonds is 2. The SMILES string of the molecule is CCC1(NC)CC2CC(C)(C)CC(C)(C2)C1. The lowest BCUT2D eigenvalue weighted by atomic mass is 9.51. The van der Waals surface area contributed by atoms with Crippen LogP contribution >= 0.6 is 0 Å². The van der Waals surface area contributed by atoms with Gasteiger partial charge in [-0.2, -0.15) is 0 Å². The second kappa shape index (κ2) is 3.73. The van der Waals surface area contributed by atoms with Gasteiger partial charge >= 0.3 is 0 Å². The van der Waals surface area contributed by atoms with Crippen LogP contribution in [0, 0.1) is 16.7 Å². The minimum Gasteiger partial charge on any atom is -0.314 e. The van der Waals surface area contributed by atoms with E-state index in [1.54, 1.807) is 0 Å². The second-order valence-corrected chi connectivity index (χ2v) is 7.69. The lowest BCUT2D eigenvalue weighted by Gasteiger charge is -2.57. The highest BCUT2D eigenvalue weighted by atomic mass is 14.9. The lowest BCUT2D eigenvalue weighted by Crippen LogP contribution is -2.55. The van der Waals surface area contributed by atoms with Crippen LogP contribution < -0.4 is 5.32 Å². The van der Waals surface area contributed by atoms with Gasteiger partial charge < -0.3 is 5.32 Å². The molecule has 0 heterocycles. The molecule has 0 saturated heterocycles. The minimum absolute atomic E-state index is 0.439. The fraction of sp³-hybridized carbons (Fsp3) is 1.00. The van der Waals surface area contributed by atoms with Gasteiger partial charge in [-0.25, -0.2) is 0 Å². The first-order chi connectivity index (χ1) is 7.32. The molecule has 16 heavy (non-hydrogen) atoms. The first kappa shape index (κ1) is 12.4. The third kappa shape index (κ3) is 2.16. The van der Waals surface area contributed by atoms with E-state index in [-0.39, 0.29) is 0 Å². The highest BCUT2D eigenvalue weighted by Gasteiger charge is 2.50. The Morgan fingerprint density at radius 2 is 1.75 bits per heavy atom. The third-order valence-corrected chi connectivity index (χ3v) is 5.18. The minimum atomic E-state index is 0.439. The van der Waals surface area contributed by atoms with Crippen LogP contribution in [0.4, 0.5) is 0 Å². The molecule has 94 valence electrons. The van der Waals surface area contributed by atoms with E-state index in [9.17, 15) is 0 Å². The van der Waals surface area contributed by atoms with E-state index in [1.807, 2.05) is 0 Å². The highest BCUT2D eigenvalue weighted by molar-refractivity contribution is 5.04. The molecule has 0 radical (unpaired) electrons. The van der Waals surface area contributed by atoms with Crippen molar-refractivity contribution in [1.82, 2.24) is 5.32 Å². The van der Waals surface area contributed by atoms with Gasteiger partial charge in [0.15, 0.2) is 0 Å². The molecular weight excluding hydrogens is 194 g/mol. The summed E-state index contributed by atoms with van der Waals surface area (Å²) in [6, 6.07) is 0. The molecule has 3 atom stereocenters. The maximum Gasteiger partial charge on any atom is 0.0183 e. The molecular formula is C15H29N. The van der Waals surface area contributed by atoms with Gasteiger partial charge in [0.25, 0.3) is 0 Å². The van der Waals surface area contributed by atoms with Crippen LogP contribution in [0.25, 0.3) is 0 Å². The zero-order chi connectivity index (χ0) is 12.0. The zero-order valence-electron chi connectivity index (χ0n) is 11.8. The molecule has 0 amide bonds. The van der Waals surface area contributed by atoms with Crippen LogP contribution in [0.15, 0.2) is 0 Å². The molecule has 2 aliphatic rings. The summed E-state index contributed by atoms with van der Waals surface area (Å²) in [7, 11) is 2.17. The Bertz CT molecular complexity index is 263. The highest BCUT2D eigenvalue weighted by Crippen LogP contribution is 2.58. The Balaban J connectivity index is 2.22. The van der Waals surface area contributed by atoms with Crippen LogP contribution in [0.1, 0.15) is 66.2 Å². The van der Waals surface area contributed by atoms with Crippen LogP contribution in [0.2, 0.25) is 0 Å². The summed E-state index contributed by atoms with van der Waals surface area (Å²) < 4.78 is 0. The first-order valence-electron chi connectivity index (χ1n) is 7.01. The van der Waals surface area contributed by atoms with Crippen molar-refractivity contribution in [1.29, 1.82) is 0 Å². The maximum absolute atomic E-state index is 3.65. The van der Waals surface area contributed by atoms with Gasteiger partial charge in [-0.05, 0) is 62.3 Å². The monoisotopic (exact) mass is 223 g/mol. The van der Waals surface area contributed by atoms with Crippen molar-refractivity contribution in [3.05, 3.63) is 0 Å². The molecule has 0 aromatic heterocycles. The van der Waals surface area contributed by atoms with Gasteiger partial charge in [0.1, 0.15) is 0 Å². The lowest BCUT2D eigenvalue weighted by molar-refractivity contribution is -0.0328. The van der Waals surface area contributed by atoms with Gasteiger partial charge in [-0.1, -0.05) is 27.7 Å². The van der Waals surface area contributed by atoms with E-state index < -0.39 is 0 Å². The topological polar surface area (TPSA) is 12.0 Å². The molecule has 0 aromatic rings. The largest absolute Gasteiger partial charge is 0.314 e. The maximum atomic E-state index is 3.65. The molecule has 2 bridgehead atoms. The van der Waals surface area contributed by atoms with E-state index in [0.29, 0.717) is 16.4 Å². The molecule has 2 fully saturated rings. The van der Waals surface area contributed by atoms with Gasteiger partial charge in [-0.15, -0.1) is 0 Å². The Morgan fingerprint density at radius 3 is 2.25 bits per heavy atom. The average Bonchev–Trinajstić information content (AvgIpc) is 2.12. The van der Waals surface area contributed by atoms with Gasteiger partial charge in [0.05, 0.1) is 0 Å². The number of hydrogen-bond acceptors (Lipinski definition) is 1. The summed E-state index contributed by atoms with van der Waals surface area (Å²) in [5, 5.41) is 3.65. The molecule has 2 rings (SSSR count). The van der Waals surface area contributed by atoms with Crippen LogP contribution in [-0.4, -0.2) is 12.6 Å². The summed E-state index contributed by atoms with van der Waals surface area (Å²) in [5.74, 6) is 0.954. The fourth-order valence-corrected chi connectivity index (χ4v) is 5.21. The molecule has 1 heteroatoms. The molecule has 1 nitrogen and oxygen atoms in total. The number of nitrogens with one attached hydrogen (secondary N) is 1. The average molecular weight is 223 g/mol. The smallest absolute Gasteiger partial charge is 0.0183 e. The van der Waals surface area contributed by atoms with Gasteiger partial charge in [-0.3, -0.25) is 0 Å². The fourth-order valence-electron chi connectivity index (χ4n) is 5.21. The van der Waals surface area contributed by atoms with Crippen LogP contribution in [0.3, 0.4) is 0 Å². The van der Waals surface area contributed by atoms with Crippen molar-refractivity contribution in [3.8, 4) is 0 Å². The molecule has 0 spiro atoms. The first-order valence-corrected chi connectivity index (χ1v) is 7.01. The second-order valence-electron chi connectivity index (χ2n) is 7.69. The molecule has 0 aliphatic heterocycles. The predicted octanol–water partition coefficient (Wildman–Crippen LogP) is 3.98. The standard InChI is InChI=1S/C15H29N/c1-6-15(16-5)9-12-7-13(2,3)10-14(4,8-12)11-15/h12,16H,6-11H2,1-5H3. The summed E-state index contributed by atoms with van der Waals surface area (Å²) in [6.07, 6.45) is 8.40. The van der Waals surface area contributed by atoms with Crippen molar-refractivity contribution in [2.45, 2.75) is 71.8 Å². The summed E-state index contributed by atoms with van der Waals surface area (Å²) in [6.45, 7) is 9.82. The van der Waals surface area contributed by atoms with Crippen molar-refractivity contribution in [3.63, 3.8) is 0 Å². The normalized spacial score (nSPS) is 46.7. The Labute approximate surface area is 101 Å². The van der Waals surface area contributed by atoms with E-state index in [4.69, 9.17) is 0 Å². The number of hydrogen-bond donors (Lipinski definition) is 1. The van der Waals surface area contributed by atoms with Crippen molar-refractivity contribution in [2.24, 2.45) is 16.7 Å². The molecule has 0 aromatic carbocycles. The zero-order valence-corrected chi connectivity index (χ0v) is 11.8. The predicted molar refractivity (Wildman–Crippen MR) is 70.5 cm³/mol. The molecule has 1 N–H and O–H groups in total. The van der Waals surface area contributed by atoms with Crippen LogP contribution in [0.5, 0.6) is 0 Å². The van der Waals surface area contributed by atoms with E-state index in [0.717, 1.165) is 5.92 Å². The summed E-state index contributed by atoms with van der Waals surface area (Å²) in [4.78, 5) is 0. The molecule has 2 saturated carbocycles. The summed E-state index contributed by atoms with van der Waals surface area (Å²) >= 11 is 0. The molecule has 2 aliphatic carbocycles. The third-order valence-electron chi connectivity index (χ3n) is 5.18. The van der Waals surface area contributed by atoms with Gasteiger partial charge in [0, 0.05) is 5.54 Å². The Kier molecular flexibility index (Phi) is 2.89. The number of fused-ring (bicyclic) bond motifs is 2. The van der Waals surface area contributed by atoms with Crippen molar-refractivity contribution in [2.75, 3.05) is 7.05 Å². The Hall–Kier alpha value is -0.0400. The van der Waals surface area contributed by atoms with Crippen molar-refractivity contribution >= 4 is 0 Å². The molecule has 3 unspecified atom stereocenters. The Morgan fingerprint density at radius 1 is 1.06 bits per heavy atom. The summed E-state index contributed by atoms with van der Waals surface area (Å²) in [5.41, 5.74) is 1.60. The van der Waals surface area contributed by atoms with Gasteiger partial charge in [0.2, 0.25) is 0 Å². The van der Waals surface area contributed by atoms with Crippen LogP contribution in [-0.2, 0) is 0 Å². The van der Waals surface area contributed by atoms with E-state index in [1.165, 1.54) is 38.5 Å². The quantitative estimate of drug-likeness (QED) is 0.746. The van der Waals surface area contributed by atoms with Crippen molar-refractivity contribution < 1.29 is 0 Å².